The summed E-state index contributed by atoms with van der Waals surface area (Å²) in [5, 5.41) is 2.51. The summed E-state index contributed by atoms with van der Waals surface area (Å²) in [7, 11) is 1.54. The van der Waals surface area contributed by atoms with Crippen LogP contribution in [-0.2, 0) is 14.9 Å². The predicted molar refractivity (Wildman–Crippen MR) is 74.4 cm³/mol. The molecule has 1 N–H and O–H groups in total. The van der Waals surface area contributed by atoms with Gasteiger partial charge in [0, 0.05) is 19.2 Å². The maximum Gasteiger partial charge on any atom is 0.292 e. The standard InChI is InChI=1S/C15H21NO3/c1-15(2,3)12-7-5-11(6-8-12)13(17)14(18)16-9-10-19-4/h5-8H,9-10H2,1-4H3,(H,16,18). The van der Waals surface area contributed by atoms with Gasteiger partial charge in [-0.1, -0.05) is 45.0 Å². The van der Waals surface area contributed by atoms with Gasteiger partial charge in [-0.3, -0.25) is 9.59 Å². The van der Waals surface area contributed by atoms with Gasteiger partial charge in [0.15, 0.2) is 0 Å². The lowest BCUT2D eigenvalue weighted by Crippen LogP contribution is -2.33. The molecule has 0 spiro atoms. The number of carbonyl (C=O) groups is 2. The maximum absolute atomic E-state index is 11.8. The molecule has 4 nitrogen and oxygen atoms in total. The van der Waals surface area contributed by atoms with Gasteiger partial charge >= 0.3 is 0 Å². The molecule has 1 amide bonds. The van der Waals surface area contributed by atoms with Crippen LogP contribution in [0.1, 0.15) is 36.7 Å². The molecule has 0 saturated carbocycles. The second-order valence-electron chi connectivity index (χ2n) is 5.41. The highest BCUT2D eigenvalue weighted by atomic mass is 16.5. The smallest absolute Gasteiger partial charge is 0.292 e. The van der Waals surface area contributed by atoms with Crippen molar-refractivity contribution in [2.75, 3.05) is 20.3 Å². The molecule has 1 rings (SSSR count). The molecule has 104 valence electrons. The van der Waals surface area contributed by atoms with Crippen molar-refractivity contribution in [1.82, 2.24) is 5.32 Å². The normalized spacial score (nSPS) is 11.2. The molecule has 19 heavy (non-hydrogen) atoms. The van der Waals surface area contributed by atoms with Gasteiger partial charge in [0.2, 0.25) is 5.78 Å². The van der Waals surface area contributed by atoms with E-state index in [9.17, 15) is 9.59 Å². The van der Waals surface area contributed by atoms with E-state index in [1.807, 2.05) is 12.1 Å². The predicted octanol–water partition coefficient (Wildman–Crippen LogP) is 1.93. The van der Waals surface area contributed by atoms with E-state index in [0.29, 0.717) is 18.7 Å². The van der Waals surface area contributed by atoms with Crippen LogP contribution in [0.2, 0.25) is 0 Å². The molecule has 4 heteroatoms. The number of rotatable bonds is 5. The van der Waals surface area contributed by atoms with Crippen LogP contribution in [0.25, 0.3) is 0 Å². The van der Waals surface area contributed by atoms with Crippen molar-refractivity contribution < 1.29 is 14.3 Å². The Bertz CT molecular complexity index is 443. The molecular weight excluding hydrogens is 242 g/mol. The summed E-state index contributed by atoms with van der Waals surface area (Å²) in [5.41, 5.74) is 1.56. The average Bonchev–Trinajstić information content (AvgIpc) is 2.37. The van der Waals surface area contributed by atoms with E-state index < -0.39 is 11.7 Å². The molecular formula is C15H21NO3. The highest BCUT2D eigenvalue weighted by Crippen LogP contribution is 2.22. The molecule has 0 heterocycles. The number of carbonyl (C=O) groups excluding carboxylic acids is 2. The summed E-state index contributed by atoms with van der Waals surface area (Å²) >= 11 is 0. The first-order valence-electron chi connectivity index (χ1n) is 6.28. The zero-order valence-electron chi connectivity index (χ0n) is 11.9. The Kier molecular flexibility index (Phi) is 5.24. The van der Waals surface area contributed by atoms with Crippen LogP contribution >= 0.6 is 0 Å². The molecule has 0 saturated heterocycles. The Balaban J connectivity index is 2.70. The van der Waals surface area contributed by atoms with Gasteiger partial charge in [0.25, 0.3) is 5.91 Å². The summed E-state index contributed by atoms with van der Waals surface area (Å²) in [5.74, 6) is -1.11. The largest absolute Gasteiger partial charge is 0.383 e. The van der Waals surface area contributed by atoms with Crippen LogP contribution in [0.4, 0.5) is 0 Å². The quantitative estimate of drug-likeness (QED) is 0.502. The van der Waals surface area contributed by atoms with Crippen LogP contribution in [0.5, 0.6) is 0 Å². The van der Waals surface area contributed by atoms with Gasteiger partial charge in [0.05, 0.1) is 6.61 Å². The summed E-state index contributed by atoms with van der Waals surface area (Å²) in [6.07, 6.45) is 0. The Morgan fingerprint density at radius 3 is 2.21 bits per heavy atom. The molecule has 0 unspecified atom stereocenters. The monoisotopic (exact) mass is 263 g/mol. The molecule has 0 aromatic heterocycles. The number of ether oxygens (including phenoxy) is 1. The molecule has 1 aromatic carbocycles. The number of nitrogens with one attached hydrogen (secondary N) is 1. The van der Waals surface area contributed by atoms with Crippen LogP contribution in [-0.4, -0.2) is 32.0 Å². The number of Topliss-reactive ketones (excluding diaryl/α,β-unsaturated/α-hetero) is 1. The fourth-order valence-electron chi connectivity index (χ4n) is 1.60. The van der Waals surface area contributed by atoms with Gasteiger partial charge in [-0.2, -0.15) is 0 Å². The minimum absolute atomic E-state index is 0.0301. The number of amides is 1. The van der Waals surface area contributed by atoms with Gasteiger partial charge in [-0.05, 0) is 11.0 Å². The van der Waals surface area contributed by atoms with Crippen LogP contribution in [0, 0.1) is 0 Å². The SMILES string of the molecule is COCCNC(=O)C(=O)c1ccc(C(C)(C)C)cc1. The van der Waals surface area contributed by atoms with Crippen LogP contribution < -0.4 is 5.32 Å². The van der Waals surface area contributed by atoms with Crippen molar-refractivity contribution in [3.63, 3.8) is 0 Å². The first kappa shape index (κ1) is 15.4. The van der Waals surface area contributed by atoms with Gasteiger partial charge in [0.1, 0.15) is 0 Å². The van der Waals surface area contributed by atoms with E-state index in [-0.39, 0.29) is 5.41 Å². The molecule has 0 aliphatic rings. The van der Waals surface area contributed by atoms with Crippen molar-refractivity contribution in [3.05, 3.63) is 35.4 Å². The van der Waals surface area contributed by atoms with Crippen molar-refractivity contribution in [1.29, 1.82) is 0 Å². The zero-order chi connectivity index (χ0) is 14.5. The Morgan fingerprint density at radius 1 is 1.16 bits per heavy atom. The fourth-order valence-corrected chi connectivity index (χ4v) is 1.60. The highest BCUT2D eigenvalue weighted by molar-refractivity contribution is 6.42. The van der Waals surface area contributed by atoms with E-state index in [4.69, 9.17) is 4.74 Å². The second kappa shape index (κ2) is 6.48. The minimum atomic E-state index is -0.597. The van der Waals surface area contributed by atoms with E-state index in [1.165, 1.54) is 0 Å². The van der Waals surface area contributed by atoms with E-state index in [2.05, 4.69) is 26.1 Å². The molecule has 0 bridgehead atoms. The van der Waals surface area contributed by atoms with Gasteiger partial charge in [-0.25, -0.2) is 0 Å². The minimum Gasteiger partial charge on any atom is -0.383 e. The number of hydrogen-bond donors (Lipinski definition) is 1. The lowest BCUT2D eigenvalue weighted by atomic mass is 9.86. The Morgan fingerprint density at radius 2 is 1.74 bits per heavy atom. The topological polar surface area (TPSA) is 55.4 Å². The summed E-state index contributed by atoms with van der Waals surface area (Å²) in [6.45, 7) is 7.02. The lowest BCUT2D eigenvalue weighted by molar-refractivity contribution is -0.117. The summed E-state index contributed by atoms with van der Waals surface area (Å²) in [4.78, 5) is 23.4. The first-order chi connectivity index (χ1) is 8.86. The molecule has 0 aliphatic carbocycles. The highest BCUT2D eigenvalue weighted by Gasteiger charge is 2.17. The molecule has 1 aromatic rings. The average molecular weight is 263 g/mol. The number of benzene rings is 1. The third kappa shape index (κ3) is 4.48. The van der Waals surface area contributed by atoms with Crippen molar-refractivity contribution in [2.24, 2.45) is 0 Å². The maximum atomic E-state index is 11.8. The second-order valence-corrected chi connectivity index (χ2v) is 5.41. The third-order valence-electron chi connectivity index (χ3n) is 2.81. The number of ketones is 1. The van der Waals surface area contributed by atoms with Gasteiger partial charge in [-0.15, -0.1) is 0 Å². The molecule has 0 fully saturated rings. The van der Waals surface area contributed by atoms with Gasteiger partial charge < -0.3 is 10.1 Å². The van der Waals surface area contributed by atoms with Crippen LogP contribution in [0.3, 0.4) is 0 Å². The van der Waals surface area contributed by atoms with Crippen molar-refractivity contribution in [3.8, 4) is 0 Å². The molecule has 0 radical (unpaired) electrons. The van der Waals surface area contributed by atoms with E-state index in [1.54, 1.807) is 19.2 Å². The molecule has 0 atom stereocenters. The summed E-state index contributed by atoms with van der Waals surface area (Å²) < 4.78 is 4.80. The molecule has 0 aliphatic heterocycles. The lowest BCUT2D eigenvalue weighted by Gasteiger charge is -2.18. The third-order valence-corrected chi connectivity index (χ3v) is 2.81. The van der Waals surface area contributed by atoms with E-state index >= 15 is 0 Å². The number of hydrogen-bond acceptors (Lipinski definition) is 3. The van der Waals surface area contributed by atoms with Crippen LogP contribution in [0.15, 0.2) is 24.3 Å². The van der Waals surface area contributed by atoms with E-state index in [0.717, 1.165) is 5.56 Å². The Labute approximate surface area is 114 Å². The zero-order valence-corrected chi connectivity index (χ0v) is 11.9. The fraction of sp³-hybridized carbons (Fsp3) is 0.467. The first-order valence-corrected chi connectivity index (χ1v) is 6.28. The Hall–Kier alpha value is -1.68. The van der Waals surface area contributed by atoms with Crippen molar-refractivity contribution >= 4 is 11.7 Å². The van der Waals surface area contributed by atoms with Crippen molar-refractivity contribution in [2.45, 2.75) is 26.2 Å². The summed E-state index contributed by atoms with van der Waals surface area (Å²) in [6, 6.07) is 7.16. The number of methoxy groups -OCH3 is 1.